The van der Waals surface area contributed by atoms with Crippen LogP contribution in [0.2, 0.25) is 0 Å². The summed E-state index contributed by atoms with van der Waals surface area (Å²) in [6, 6.07) is 13.8. The van der Waals surface area contributed by atoms with E-state index in [9.17, 15) is 32.3 Å². The second-order valence-corrected chi connectivity index (χ2v) is 8.17. The third kappa shape index (κ3) is 5.12. The van der Waals surface area contributed by atoms with E-state index in [0.29, 0.717) is 28.2 Å². The summed E-state index contributed by atoms with van der Waals surface area (Å²) in [5.41, 5.74) is -1.90. The molecule has 0 saturated carbocycles. The summed E-state index contributed by atoms with van der Waals surface area (Å²) in [4.78, 5) is 27.9. The summed E-state index contributed by atoms with van der Waals surface area (Å²) in [7, 11) is 1.49. The van der Waals surface area contributed by atoms with E-state index in [2.05, 4.69) is 15.6 Å². The number of fused-ring (bicyclic) bond motifs is 1. The van der Waals surface area contributed by atoms with Crippen LogP contribution in [0.15, 0.2) is 72.9 Å². The number of nitrogens with one attached hydrogen (secondary N) is 4. The fraction of sp³-hybridized carbons (Fsp3) is 0.0741. The average molecular weight is 524 g/mol. The predicted octanol–water partition coefficient (Wildman–Crippen LogP) is 6.04. The van der Waals surface area contributed by atoms with Crippen molar-refractivity contribution in [2.75, 3.05) is 12.4 Å². The summed E-state index contributed by atoms with van der Waals surface area (Å²) in [5.74, 6) is -3.73. The Hall–Kier alpha value is -4.93. The molecule has 0 spiro atoms. The van der Waals surface area contributed by atoms with Crippen LogP contribution in [0.3, 0.4) is 0 Å². The molecule has 11 heteroatoms. The Morgan fingerprint density at radius 2 is 1.74 bits per heavy atom. The van der Waals surface area contributed by atoms with Gasteiger partial charge in [0.2, 0.25) is 0 Å². The zero-order valence-corrected chi connectivity index (χ0v) is 19.7. The largest absolute Gasteiger partial charge is 0.478 e. The molecule has 4 rings (SSSR count). The Balaban J connectivity index is 1.86. The first-order chi connectivity index (χ1) is 18.0. The van der Waals surface area contributed by atoms with Crippen molar-refractivity contribution in [3.63, 3.8) is 0 Å². The molecule has 194 valence electrons. The number of halogens is 4. The number of benzene rings is 3. The molecule has 0 saturated heterocycles. The van der Waals surface area contributed by atoms with Gasteiger partial charge in [-0.15, -0.1) is 0 Å². The minimum Gasteiger partial charge on any atom is -0.478 e. The number of hydrogen-bond acceptors (Lipinski definition) is 4. The molecule has 38 heavy (non-hydrogen) atoms. The van der Waals surface area contributed by atoms with Gasteiger partial charge in [0.1, 0.15) is 5.82 Å². The van der Waals surface area contributed by atoms with Crippen LogP contribution >= 0.6 is 0 Å². The number of allylic oxidation sites excluding steroid dienone is 1. The lowest BCUT2D eigenvalue weighted by molar-refractivity contribution is -0.137. The molecule has 0 radical (unpaired) electrons. The monoisotopic (exact) mass is 524 g/mol. The highest BCUT2D eigenvalue weighted by molar-refractivity contribution is 6.15. The van der Waals surface area contributed by atoms with Crippen molar-refractivity contribution >= 4 is 34.2 Å². The van der Waals surface area contributed by atoms with E-state index in [1.165, 1.54) is 31.4 Å². The van der Waals surface area contributed by atoms with Gasteiger partial charge in [0, 0.05) is 29.1 Å². The SMILES string of the molecule is CN/C=C\C(=N)c1cc(C(=O)Nc2c(-c3ccccc3)[nH]c3ccc(C(=O)O)cc23)c(F)cc1C(F)(F)F. The number of carbonyl (C=O) groups excluding carboxylic acids is 1. The predicted molar refractivity (Wildman–Crippen MR) is 135 cm³/mol. The van der Waals surface area contributed by atoms with E-state index in [1.54, 1.807) is 30.3 Å². The lowest BCUT2D eigenvalue weighted by Crippen LogP contribution is -2.19. The first-order valence-corrected chi connectivity index (χ1v) is 11.1. The number of aromatic nitrogens is 1. The van der Waals surface area contributed by atoms with Crippen molar-refractivity contribution in [2.24, 2.45) is 0 Å². The highest BCUT2D eigenvalue weighted by atomic mass is 19.4. The van der Waals surface area contributed by atoms with Gasteiger partial charge < -0.3 is 26.1 Å². The molecule has 1 heterocycles. The van der Waals surface area contributed by atoms with Crippen molar-refractivity contribution in [2.45, 2.75) is 6.18 Å². The highest BCUT2D eigenvalue weighted by Gasteiger charge is 2.36. The molecule has 7 nitrogen and oxygen atoms in total. The molecule has 1 amide bonds. The van der Waals surface area contributed by atoms with E-state index in [4.69, 9.17) is 5.41 Å². The molecule has 0 unspecified atom stereocenters. The van der Waals surface area contributed by atoms with Gasteiger partial charge >= 0.3 is 12.1 Å². The number of aromatic carboxylic acids is 1. The summed E-state index contributed by atoms with van der Waals surface area (Å²) in [6.45, 7) is 0. The van der Waals surface area contributed by atoms with Crippen LogP contribution in [0, 0.1) is 11.2 Å². The van der Waals surface area contributed by atoms with Crippen LogP contribution in [-0.4, -0.2) is 34.7 Å². The number of anilines is 1. The van der Waals surface area contributed by atoms with E-state index in [0.717, 1.165) is 6.08 Å². The molecular formula is C27H20F4N4O3. The Morgan fingerprint density at radius 3 is 2.37 bits per heavy atom. The van der Waals surface area contributed by atoms with Gasteiger partial charge in [-0.2, -0.15) is 13.2 Å². The number of hydrogen-bond donors (Lipinski definition) is 5. The maximum absolute atomic E-state index is 14.9. The minimum atomic E-state index is -4.98. The fourth-order valence-corrected chi connectivity index (χ4v) is 3.92. The van der Waals surface area contributed by atoms with Gasteiger partial charge in [-0.1, -0.05) is 30.3 Å². The summed E-state index contributed by atoms with van der Waals surface area (Å²) >= 11 is 0. The first kappa shape index (κ1) is 26.1. The molecule has 5 N–H and O–H groups in total. The molecular weight excluding hydrogens is 504 g/mol. The number of H-pyrrole nitrogens is 1. The van der Waals surface area contributed by atoms with E-state index < -0.39 is 46.3 Å². The normalized spacial score (nSPS) is 11.6. The maximum Gasteiger partial charge on any atom is 0.417 e. The smallest absolute Gasteiger partial charge is 0.417 e. The fourth-order valence-electron chi connectivity index (χ4n) is 3.92. The summed E-state index contributed by atoms with van der Waals surface area (Å²) in [5, 5.41) is 22.8. The van der Waals surface area contributed by atoms with Crippen molar-refractivity contribution < 1.29 is 32.3 Å². The second kappa shape index (κ2) is 10.2. The van der Waals surface area contributed by atoms with Crippen LogP contribution < -0.4 is 10.6 Å². The number of rotatable bonds is 7. The maximum atomic E-state index is 14.9. The topological polar surface area (TPSA) is 118 Å². The molecule has 0 fully saturated rings. The number of carbonyl (C=O) groups is 2. The lowest BCUT2D eigenvalue weighted by Gasteiger charge is -2.15. The molecule has 0 aliphatic carbocycles. The first-order valence-electron chi connectivity index (χ1n) is 11.1. The number of alkyl halides is 3. The quantitative estimate of drug-likeness (QED) is 0.150. The lowest BCUT2D eigenvalue weighted by atomic mass is 9.98. The van der Waals surface area contributed by atoms with Crippen molar-refractivity contribution in [3.05, 3.63) is 101 Å². The highest BCUT2D eigenvalue weighted by Crippen LogP contribution is 2.37. The van der Waals surface area contributed by atoms with Gasteiger partial charge in [0.05, 0.1) is 33.8 Å². The van der Waals surface area contributed by atoms with Crippen LogP contribution in [0.4, 0.5) is 23.2 Å². The molecule has 0 aliphatic heterocycles. The second-order valence-electron chi connectivity index (χ2n) is 8.17. The Kier molecular flexibility index (Phi) is 7.02. The van der Waals surface area contributed by atoms with Crippen molar-refractivity contribution in [3.8, 4) is 11.3 Å². The number of aromatic amines is 1. The van der Waals surface area contributed by atoms with Gasteiger partial charge in [0.15, 0.2) is 0 Å². The van der Waals surface area contributed by atoms with Crippen LogP contribution in [0.1, 0.15) is 31.8 Å². The number of amides is 1. The van der Waals surface area contributed by atoms with Crippen molar-refractivity contribution in [1.82, 2.24) is 10.3 Å². The summed E-state index contributed by atoms with van der Waals surface area (Å²) in [6.07, 6.45) is -2.70. The third-order valence-corrected chi connectivity index (χ3v) is 5.71. The molecule has 4 aromatic rings. The summed E-state index contributed by atoms with van der Waals surface area (Å²) < 4.78 is 55.7. The van der Waals surface area contributed by atoms with E-state index >= 15 is 0 Å². The Labute approximate surface area is 213 Å². The third-order valence-electron chi connectivity index (χ3n) is 5.71. The Bertz CT molecular complexity index is 1590. The molecule has 3 aromatic carbocycles. The van der Waals surface area contributed by atoms with Gasteiger partial charge in [-0.3, -0.25) is 4.79 Å². The zero-order valence-electron chi connectivity index (χ0n) is 19.7. The molecule has 1 aromatic heterocycles. The van der Waals surface area contributed by atoms with Gasteiger partial charge in [-0.05, 0) is 42.6 Å². The van der Waals surface area contributed by atoms with Gasteiger partial charge in [0.25, 0.3) is 5.91 Å². The van der Waals surface area contributed by atoms with Crippen LogP contribution in [0.25, 0.3) is 22.2 Å². The molecule has 0 aliphatic rings. The van der Waals surface area contributed by atoms with Crippen molar-refractivity contribution in [1.29, 1.82) is 5.41 Å². The molecule has 0 atom stereocenters. The van der Waals surface area contributed by atoms with Gasteiger partial charge in [-0.25, -0.2) is 9.18 Å². The van der Waals surface area contributed by atoms with Crippen LogP contribution in [0.5, 0.6) is 0 Å². The standard InChI is InChI=1S/C27H20F4N4O3/c1-33-10-9-21(32)16-12-17(20(28)13-19(16)27(29,30)31)25(36)35-24-18-11-15(26(37)38)7-8-22(18)34-23(24)14-5-3-2-4-6-14/h2-13,32-34H,1H3,(H,35,36)(H,37,38)/b10-9-,32-21?. The van der Waals surface area contributed by atoms with E-state index in [1.807, 2.05) is 0 Å². The number of carboxylic acid groups (broad SMARTS) is 1. The number of carboxylic acids is 1. The van der Waals surface area contributed by atoms with Crippen LogP contribution in [-0.2, 0) is 6.18 Å². The Morgan fingerprint density at radius 1 is 1.03 bits per heavy atom. The zero-order chi connectivity index (χ0) is 27.6. The van der Waals surface area contributed by atoms with E-state index in [-0.39, 0.29) is 17.3 Å². The average Bonchev–Trinajstić information content (AvgIpc) is 3.24. The minimum absolute atomic E-state index is 0.0700. The molecule has 0 bridgehead atoms.